The Bertz CT molecular complexity index is 1270. The minimum Gasteiger partial charge on any atom is -0.503 e. The third kappa shape index (κ3) is 5.48. The maximum atomic E-state index is 13.2. The highest BCUT2D eigenvalue weighted by atomic mass is 32.1. The van der Waals surface area contributed by atoms with Crippen LogP contribution in [0.25, 0.3) is 10.6 Å². The zero-order valence-electron chi connectivity index (χ0n) is 20.4. The van der Waals surface area contributed by atoms with Gasteiger partial charge in [0.05, 0.1) is 18.2 Å². The summed E-state index contributed by atoms with van der Waals surface area (Å²) in [6.45, 7) is 5.50. The fraction of sp³-hybridized carbons (Fsp3) is 0.440. The first-order valence-corrected chi connectivity index (χ1v) is 12.5. The molecule has 3 heterocycles. The molecule has 1 aromatic carbocycles. The third-order valence-corrected chi connectivity index (χ3v) is 6.97. The van der Waals surface area contributed by atoms with Crippen LogP contribution in [0.5, 0.6) is 5.75 Å². The van der Waals surface area contributed by atoms with Crippen molar-refractivity contribution in [2.75, 3.05) is 33.5 Å². The van der Waals surface area contributed by atoms with E-state index in [-0.39, 0.29) is 29.2 Å². The molecule has 3 aromatic rings. The quantitative estimate of drug-likeness (QED) is 0.412. The average Bonchev–Trinajstić information content (AvgIpc) is 3.31. The maximum absolute atomic E-state index is 13.2. The van der Waals surface area contributed by atoms with E-state index >= 15 is 0 Å². The molecule has 0 radical (unpaired) electrons. The van der Waals surface area contributed by atoms with Gasteiger partial charge in [0.1, 0.15) is 10.8 Å². The number of carbonyl (C=O) groups is 1. The zero-order chi connectivity index (χ0) is 25.8. The molecule has 11 heteroatoms. The number of methoxy groups -OCH3 is 1. The zero-order valence-corrected chi connectivity index (χ0v) is 21.3. The molecule has 0 saturated heterocycles. The number of nitrogens with zero attached hydrogens (tertiary/aromatic N) is 4. The van der Waals surface area contributed by atoms with Crippen molar-refractivity contribution >= 4 is 17.2 Å². The lowest BCUT2D eigenvalue weighted by atomic mass is 10.1. The van der Waals surface area contributed by atoms with Gasteiger partial charge in [0, 0.05) is 45.5 Å². The van der Waals surface area contributed by atoms with E-state index in [1.165, 1.54) is 23.5 Å². The molecular formula is C25H29FN4O5S. The van der Waals surface area contributed by atoms with Crippen molar-refractivity contribution in [3.8, 4) is 16.3 Å². The topological polar surface area (TPSA) is 107 Å². The number of pyridine rings is 1. The van der Waals surface area contributed by atoms with Gasteiger partial charge in [0.15, 0.2) is 16.5 Å². The van der Waals surface area contributed by atoms with Gasteiger partial charge in [-0.2, -0.15) is 0 Å². The highest BCUT2D eigenvalue weighted by Crippen LogP contribution is 2.31. The number of fused-ring (bicyclic) bond motifs is 1. The summed E-state index contributed by atoms with van der Waals surface area (Å²) in [4.78, 5) is 27.9. The number of hydrogen-bond donors (Lipinski definition) is 1. The molecule has 1 atom stereocenters. The molecule has 9 nitrogen and oxygen atoms in total. The Balaban J connectivity index is 1.66. The van der Waals surface area contributed by atoms with E-state index in [9.17, 15) is 19.1 Å². The second kappa shape index (κ2) is 11.3. The van der Waals surface area contributed by atoms with Gasteiger partial charge in [-0.1, -0.05) is 23.5 Å². The normalized spacial score (nSPS) is 15.5. The summed E-state index contributed by atoms with van der Waals surface area (Å²) < 4.78 is 25.7. The summed E-state index contributed by atoms with van der Waals surface area (Å²) in [6.07, 6.45) is 2.72. The van der Waals surface area contributed by atoms with Gasteiger partial charge in [-0.25, -0.2) is 4.39 Å². The summed E-state index contributed by atoms with van der Waals surface area (Å²) >= 11 is 1.21. The molecule has 1 N–H and O–H groups in total. The van der Waals surface area contributed by atoms with E-state index in [0.717, 1.165) is 12.0 Å². The van der Waals surface area contributed by atoms with Crippen molar-refractivity contribution < 1.29 is 23.8 Å². The lowest BCUT2D eigenvalue weighted by molar-refractivity contribution is 0.0403. The van der Waals surface area contributed by atoms with Crippen LogP contribution in [-0.2, 0) is 15.9 Å². The van der Waals surface area contributed by atoms with Crippen LogP contribution in [0, 0.1) is 5.82 Å². The Hall–Kier alpha value is -3.15. The number of rotatable bonds is 10. The van der Waals surface area contributed by atoms with E-state index in [2.05, 4.69) is 10.2 Å². The van der Waals surface area contributed by atoms with Crippen molar-refractivity contribution in [2.45, 2.75) is 38.8 Å². The van der Waals surface area contributed by atoms with E-state index in [1.807, 2.05) is 13.8 Å². The number of hydrogen-bond acceptors (Lipinski definition) is 8. The fourth-order valence-electron chi connectivity index (χ4n) is 4.12. The first kappa shape index (κ1) is 25.9. The van der Waals surface area contributed by atoms with Crippen LogP contribution in [0.2, 0.25) is 0 Å². The summed E-state index contributed by atoms with van der Waals surface area (Å²) in [5, 5.41) is 20.2. The van der Waals surface area contributed by atoms with Gasteiger partial charge in [-0.15, -0.1) is 10.2 Å². The standard InChI is InChI=1S/C25H29FN4O5S/c1-15(2)29-12-18(14-35-10-4-9-34-3)30-13-19(22(31)23(32)21(30)25(29)33)24-28-27-20(36-24)11-16-5-7-17(26)8-6-16/h5-8,13,15,18,32H,4,9-12,14H2,1-3H3/t18-/m1/s1. The van der Waals surface area contributed by atoms with Gasteiger partial charge in [0.25, 0.3) is 5.91 Å². The Kier molecular flexibility index (Phi) is 8.12. The van der Waals surface area contributed by atoms with E-state index in [1.54, 1.807) is 34.9 Å². The molecule has 0 aliphatic carbocycles. The van der Waals surface area contributed by atoms with Crippen LogP contribution in [0.3, 0.4) is 0 Å². The van der Waals surface area contributed by atoms with Crippen LogP contribution < -0.4 is 5.43 Å². The first-order chi connectivity index (χ1) is 17.3. The molecule has 0 unspecified atom stereocenters. The molecule has 1 aliphatic heterocycles. The molecule has 0 fully saturated rings. The number of halogens is 1. The minimum atomic E-state index is -0.676. The number of ether oxygens (including phenoxy) is 2. The summed E-state index contributed by atoms with van der Waals surface area (Å²) in [5.41, 5.74) is 0.290. The van der Waals surface area contributed by atoms with Crippen LogP contribution in [0.15, 0.2) is 35.3 Å². The first-order valence-electron chi connectivity index (χ1n) is 11.7. The average molecular weight is 517 g/mol. The SMILES string of the molecule is COCCCOC[C@H]1CN(C(C)C)C(=O)c2c(O)c(=O)c(-c3nnc(Cc4ccc(F)cc4)s3)cn21. The number of aromatic nitrogens is 3. The number of carbonyl (C=O) groups excluding carboxylic acids is 1. The molecule has 2 aromatic heterocycles. The van der Waals surface area contributed by atoms with Crippen LogP contribution >= 0.6 is 11.3 Å². The monoisotopic (exact) mass is 516 g/mol. The predicted octanol–water partition coefficient (Wildman–Crippen LogP) is 3.26. The van der Waals surface area contributed by atoms with E-state index in [0.29, 0.717) is 42.8 Å². The Morgan fingerprint density at radius 1 is 1.19 bits per heavy atom. The van der Waals surface area contributed by atoms with Crippen LogP contribution in [-0.4, -0.2) is 70.2 Å². The molecule has 0 saturated carbocycles. The highest BCUT2D eigenvalue weighted by molar-refractivity contribution is 7.14. The lowest BCUT2D eigenvalue weighted by Crippen LogP contribution is -2.48. The number of benzene rings is 1. The molecule has 4 rings (SSSR count). The lowest BCUT2D eigenvalue weighted by Gasteiger charge is -2.38. The van der Waals surface area contributed by atoms with Crippen molar-refractivity contribution in [1.29, 1.82) is 0 Å². The van der Waals surface area contributed by atoms with E-state index < -0.39 is 17.1 Å². The van der Waals surface area contributed by atoms with Crippen molar-refractivity contribution in [3.63, 3.8) is 0 Å². The maximum Gasteiger partial charge on any atom is 0.274 e. The van der Waals surface area contributed by atoms with Gasteiger partial charge in [-0.05, 0) is 38.0 Å². The highest BCUT2D eigenvalue weighted by Gasteiger charge is 2.36. The number of aromatic hydroxyl groups is 1. The molecule has 0 bridgehead atoms. The van der Waals surface area contributed by atoms with Crippen LogP contribution in [0.4, 0.5) is 4.39 Å². The molecule has 1 amide bonds. The molecule has 0 spiro atoms. The van der Waals surface area contributed by atoms with Gasteiger partial charge < -0.3 is 24.0 Å². The van der Waals surface area contributed by atoms with Crippen molar-refractivity contribution in [1.82, 2.24) is 19.7 Å². The van der Waals surface area contributed by atoms with Gasteiger partial charge in [0.2, 0.25) is 5.43 Å². The van der Waals surface area contributed by atoms with Gasteiger partial charge in [-0.3, -0.25) is 9.59 Å². The van der Waals surface area contributed by atoms with Crippen molar-refractivity contribution in [2.24, 2.45) is 0 Å². The smallest absolute Gasteiger partial charge is 0.274 e. The Morgan fingerprint density at radius 3 is 2.64 bits per heavy atom. The number of amides is 1. The minimum absolute atomic E-state index is 0.0507. The second-order valence-corrected chi connectivity index (χ2v) is 9.97. The Labute approximate surface area is 212 Å². The fourth-order valence-corrected chi connectivity index (χ4v) is 5.00. The summed E-state index contributed by atoms with van der Waals surface area (Å²) in [6, 6.07) is 5.66. The van der Waals surface area contributed by atoms with Crippen LogP contribution in [0.1, 0.15) is 47.4 Å². The largest absolute Gasteiger partial charge is 0.503 e. The molecule has 192 valence electrons. The molecular weight excluding hydrogens is 487 g/mol. The Morgan fingerprint density at radius 2 is 1.94 bits per heavy atom. The van der Waals surface area contributed by atoms with Crippen molar-refractivity contribution in [3.05, 3.63) is 62.8 Å². The summed E-state index contributed by atoms with van der Waals surface area (Å²) in [7, 11) is 1.63. The third-order valence-electron chi connectivity index (χ3n) is 6.01. The molecule has 1 aliphatic rings. The predicted molar refractivity (Wildman–Crippen MR) is 133 cm³/mol. The second-order valence-electron chi connectivity index (χ2n) is 8.91. The van der Waals surface area contributed by atoms with Gasteiger partial charge >= 0.3 is 0 Å². The van der Waals surface area contributed by atoms with E-state index in [4.69, 9.17) is 9.47 Å². The summed E-state index contributed by atoms with van der Waals surface area (Å²) in [5.74, 6) is -1.34. The molecule has 36 heavy (non-hydrogen) atoms.